The predicted molar refractivity (Wildman–Crippen MR) is 74.8 cm³/mol. The number of hydrogen-bond acceptors (Lipinski definition) is 1. The maximum atomic E-state index is 4.27. The maximum Gasteiger partial charge on any atom is 0.0925 e. The predicted octanol–water partition coefficient (Wildman–Crippen LogP) is 4.02. The summed E-state index contributed by atoms with van der Waals surface area (Å²) in [4.78, 5) is 7.51. The van der Waals surface area contributed by atoms with Crippen LogP contribution in [0.25, 0.3) is 10.8 Å². The number of imidazole rings is 1. The molecule has 0 amide bonds. The Labute approximate surface area is 107 Å². The third-order valence-corrected chi connectivity index (χ3v) is 3.57. The Morgan fingerprint density at radius 2 is 1.83 bits per heavy atom. The molecule has 90 valence electrons. The molecule has 3 rings (SSSR count). The minimum atomic E-state index is 0.345. The van der Waals surface area contributed by atoms with Crippen LogP contribution in [0.1, 0.15) is 29.8 Å². The molecule has 0 saturated carbocycles. The second-order valence-corrected chi connectivity index (χ2v) is 4.73. The summed E-state index contributed by atoms with van der Waals surface area (Å²) in [7, 11) is 0. The molecule has 0 aliphatic carbocycles. The molecule has 18 heavy (non-hydrogen) atoms. The molecule has 3 aromatic rings. The second kappa shape index (κ2) is 4.30. The highest BCUT2D eigenvalue weighted by atomic mass is 14.9. The molecule has 1 heterocycles. The van der Waals surface area contributed by atoms with Crippen molar-refractivity contribution in [2.75, 3.05) is 0 Å². The molecule has 0 aliphatic heterocycles. The van der Waals surface area contributed by atoms with Crippen molar-refractivity contribution in [3.63, 3.8) is 0 Å². The van der Waals surface area contributed by atoms with E-state index in [1.54, 1.807) is 6.33 Å². The average molecular weight is 236 g/mol. The first kappa shape index (κ1) is 11.0. The fourth-order valence-corrected chi connectivity index (χ4v) is 2.45. The van der Waals surface area contributed by atoms with E-state index in [9.17, 15) is 0 Å². The lowest BCUT2D eigenvalue weighted by atomic mass is 9.94. The first-order chi connectivity index (χ1) is 8.75. The summed E-state index contributed by atoms with van der Waals surface area (Å²) in [5, 5.41) is 2.58. The van der Waals surface area contributed by atoms with Gasteiger partial charge in [-0.3, -0.25) is 0 Å². The van der Waals surface area contributed by atoms with E-state index in [0.717, 1.165) is 5.69 Å². The van der Waals surface area contributed by atoms with Gasteiger partial charge in [0, 0.05) is 11.6 Å². The first-order valence-electron chi connectivity index (χ1n) is 6.24. The van der Waals surface area contributed by atoms with Crippen molar-refractivity contribution in [2.45, 2.75) is 19.8 Å². The molecule has 2 nitrogen and oxygen atoms in total. The zero-order valence-electron chi connectivity index (χ0n) is 10.6. The lowest BCUT2D eigenvalue weighted by Crippen LogP contribution is -1.98. The van der Waals surface area contributed by atoms with Gasteiger partial charge in [-0.25, -0.2) is 4.98 Å². The van der Waals surface area contributed by atoms with Crippen LogP contribution in [0.4, 0.5) is 0 Å². The summed E-state index contributed by atoms with van der Waals surface area (Å²) < 4.78 is 0. The van der Waals surface area contributed by atoms with Crippen molar-refractivity contribution in [1.29, 1.82) is 0 Å². The van der Waals surface area contributed by atoms with Crippen LogP contribution in [-0.4, -0.2) is 9.97 Å². The Morgan fingerprint density at radius 1 is 1.06 bits per heavy atom. The Hall–Kier alpha value is -2.09. The van der Waals surface area contributed by atoms with Crippen LogP contribution in [0, 0.1) is 6.92 Å². The highest BCUT2D eigenvalue weighted by molar-refractivity contribution is 5.83. The molecule has 0 spiro atoms. The van der Waals surface area contributed by atoms with Gasteiger partial charge in [-0.15, -0.1) is 0 Å². The largest absolute Gasteiger partial charge is 0.348 e. The van der Waals surface area contributed by atoms with Crippen LogP contribution in [0.5, 0.6) is 0 Å². The average Bonchev–Trinajstić information content (AvgIpc) is 2.83. The van der Waals surface area contributed by atoms with Crippen molar-refractivity contribution in [3.8, 4) is 0 Å². The van der Waals surface area contributed by atoms with Gasteiger partial charge in [0.05, 0.1) is 12.0 Å². The highest BCUT2D eigenvalue weighted by Crippen LogP contribution is 2.27. The van der Waals surface area contributed by atoms with E-state index in [0.29, 0.717) is 5.92 Å². The molecule has 0 fully saturated rings. The quantitative estimate of drug-likeness (QED) is 0.715. The number of rotatable bonds is 2. The van der Waals surface area contributed by atoms with Crippen LogP contribution in [0.3, 0.4) is 0 Å². The van der Waals surface area contributed by atoms with Gasteiger partial charge in [0.2, 0.25) is 0 Å². The highest BCUT2D eigenvalue weighted by Gasteiger charge is 2.12. The van der Waals surface area contributed by atoms with Gasteiger partial charge in [-0.05, 0) is 23.3 Å². The van der Waals surface area contributed by atoms with Crippen molar-refractivity contribution in [3.05, 3.63) is 65.7 Å². The van der Waals surface area contributed by atoms with Crippen LogP contribution in [0.15, 0.2) is 48.8 Å². The second-order valence-electron chi connectivity index (χ2n) is 4.73. The zero-order valence-corrected chi connectivity index (χ0v) is 10.6. The Balaban J connectivity index is 2.07. The van der Waals surface area contributed by atoms with E-state index in [1.165, 1.54) is 22.0 Å². The number of hydrogen-bond donors (Lipinski definition) is 1. The molecule has 2 heteroatoms. The van der Waals surface area contributed by atoms with Gasteiger partial charge in [0.1, 0.15) is 0 Å². The smallest absolute Gasteiger partial charge is 0.0925 e. The lowest BCUT2D eigenvalue weighted by Gasteiger charge is -2.12. The summed E-state index contributed by atoms with van der Waals surface area (Å²) in [6, 6.07) is 15.1. The molecule has 0 unspecified atom stereocenters. The lowest BCUT2D eigenvalue weighted by molar-refractivity contribution is 0.873. The van der Waals surface area contributed by atoms with Crippen molar-refractivity contribution in [2.24, 2.45) is 0 Å². The van der Waals surface area contributed by atoms with Gasteiger partial charge in [-0.1, -0.05) is 49.4 Å². The third kappa shape index (κ3) is 1.80. The van der Waals surface area contributed by atoms with Crippen molar-refractivity contribution in [1.82, 2.24) is 9.97 Å². The van der Waals surface area contributed by atoms with E-state index in [2.05, 4.69) is 59.4 Å². The summed E-state index contributed by atoms with van der Waals surface area (Å²) in [6.07, 6.45) is 1.77. The zero-order chi connectivity index (χ0) is 12.5. The first-order valence-corrected chi connectivity index (χ1v) is 6.24. The van der Waals surface area contributed by atoms with E-state index >= 15 is 0 Å². The standard InChI is InChI=1S/C16H16N2/c1-11(16-12(2)17-10-18-16)14-8-7-13-5-3-4-6-15(13)9-14/h3-11H,1-2H3,(H,17,18)/t11-/m1/s1. The molecule has 1 atom stereocenters. The number of benzene rings is 2. The molecule has 2 aromatic carbocycles. The van der Waals surface area contributed by atoms with E-state index < -0.39 is 0 Å². The number of nitrogens with one attached hydrogen (secondary N) is 1. The van der Waals surface area contributed by atoms with Crippen LogP contribution < -0.4 is 0 Å². The summed E-state index contributed by atoms with van der Waals surface area (Å²) in [5.41, 5.74) is 3.60. The molecular formula is C16H16N2. The van der Waals surface area contributed by atoms with Gasteiger partial charge in [-0.2, -0.15) is 0 Å². The molecule has 0 aliphatic rings. The fourth-order valence-electron chi connectivity index (χ4n) is 2.45. The van der Waals surface area contributed by atoms with Crippen molar-refractivity contribution >= 4 is 10.8 Å². The number of aryl methyl sites for hydroxylation is 1. The maximum absolute atomic E-state index is 4.27. The number of nitrogens with zero attached hydrogens (tertiary/aromatic N) is 1. The molecule has 0 radical (unpaired) electrons. The number of fused-ring (bicyclic) bond motifs is 1. The van der Waals surface area contributed by atoms with Crippen molar-refractivity contribution < 1.29 is 0 Å². The van der Waals surface area contributed by atoms with Crippen LogP contribution in [-0.2, 0) is 0 Å². The Bertz CT molecular complexity index is 682. The van der Waals surface area contributed by atoms with Gasteiger partial charge < -0.3 is 4.98 Å². The SMILES string of the molecule is Cc1nc[nH]c1[C@H](C)c1ccc2ccccc2c1. The summed E-state index contributed by atoms with van der Waals surface area (Å²) in [6.45, 7) is 4.26. The summed E-state index contributed by atoms with van der Waals surface area (Å²) in [5.74, 6) is 0.345. The summed E-state index contributed by atoms with van der Waals surface area (Å²) >= 11 is 0. The van der Waals surface area contributed by atoms with E-state index in [4.69, 9.17) is 0 Å². The minimum absolute atomic E-state index is 0.345. The number of aromatic nitrogens is 2. The third-order valence-electron chi connectivity index (χ3n) is 3.57. The molecule has 1 N–H and O–H groups in total. The number of H-pyrrole nitrogens is 1. The van der Waals surface area contributed by atoms with Gasteiger partial charge in [0.15, 0.2) is 0 Å². The van der Waals surface area contributed by atoms with E-state index in [-0.39, 0.29) is 0 Å². The van der Waals surface area contributed by atoms with Crippen LogP contribution >= 0.6 is 0 Å². The normalized spacial score (nSPS) is 12.8. The molecule has 0 bridgehead atoms. The fraction of sp³-hybridized carbons (Fsp3) is 0.188. The molecule has 0 saturated heterocycles. The Kier molecular flexibility index (Phi) is 2.63. The van der Waals surface area contributed by atoms with Gasteiger partial charge in [0.25, 0.3) is 0 Å². The van der Waals surface area contributed by atoms with Gasteiger partial charge >= 0.3 is 0 Å². The topological polar surface area (TPSA) is 28.7 Å². The number of aromatic amines is 1. The van der Waals surface area contributed by atoms with Crippen LogP contribution in [0.2, 0.25) is 0 Å². The molecular weight excluding hydrogens is 220 g/mol. The minimum Gasteiger partial charge on any atom is -0.348 e. The monoisotopic (exact) mass is 236 g/mol. The Morgan fingerprint density at radius 3 is 2.56 bits per heavy atom. The van der Waals surface area contributed by atoms with E-state index in [1.807, 2.05) is 6.92 Å². The molecule has 1 aromatic heterocycles.